The Kier molecular flexibility index (Phi) is 4.64. The zero-order chi connectivity index (χ0) is 12.1. The molecule has 5 heteroatoms. The van der Waals surface area contributed by atoms with Gasteiger partial charge in [-0.15, -0.1) is 11.3 Å². The Labute approximate surface area is 99.2 Å². The molecule has 1 aromatic rings. The average Bonchev–Trinajstić information content (AvgIpc) is 2.48. The number of carboxylic acids is 1. The van der Waals surface area contributed by atoms with Crippen molar-refractivity contribution in [2.45, 2.75) is 20.4 Å². The molecule has 0 atom stereocenters. The molecular weight excluding hydrogens is 224 g/mol. The minimum atomic E-state index is -0.893. The molecule has 0 unspecified atom stereocenters. The third-order valence-corrected chi connectivity index (χ3v) is 2.81. The first kappa shape index (κ1) is 12.9. The predicted octanol–water partition coefficient (Wildman–Crippen LogP) is 1.91. The predicted molar refractivity (Wildman–Crippen MR) is 64.6 cm³/mol. The van der Waals surface area contributed by atoms with Crippen LogP contribution in [0.4, 0.5) is 0 Å². The molecule has 16 heavy (non-hydrogen) atoms. The minimum absolute atomic E-state index is 0.642. The zero-order valence-corrected chi connectivity index (χ0v) is 10.5. The van der Waals surface area contributed by atoms with Crippen LogP contribution in [0.15, 0.2) is 17.0 Å². The van der Waals surface area contributed by atoms with E-state index in [9.17, 15) is 4.79 Å². The summed E-state index contributed by atoms with van der Waals surface area (Å²) in [4.78, 5) is 16.9. The molecule has 1 rings (SSSR count). The Balaban J connectivity index is 2.47. The molecule has 4 nitrogen and oxygen atoms in total. The van der Waals surface area contributed by atoms with Crippen LogP contribution in [0, 0.1) is 6.92 Å². The van der Waals surface area contributed by atoms with Gasteiger partial charge in [0.1, 0.15) is 0 Å². The van der Waals surface area contributed by atoms with Crippen LogP contribution in [0.5, 0.6) is 0 Å². The summed E-state index contributed by atoms with van der Waals surface area (Å²) in [7, 11) is 1.95. The molecule has 88 valence electrons. The van der Waals surface area contributed by atoms with Gasteiger partial charge in [0.05, 0.1) is 10.7 Å². The van der Waals surface area contributed by atoms with Crippen molar-refractivity contribution < 1.29 is 9.90 Å². The van der Waals surface area contributed by atoms with Gasteiger partial charge in [-0.3, -0.25) is 4.90 Å². The van der Waals surface area contributed by atoms with Gasteiger partial charge in [-0.25, -0.2) is 9.78 Å². The van der Waals surface area contributed by atoms with E-state index >= 15 is 0 Å². The van der Waals surface area contributed by atoms with Gasteiger partial charge in [-0.05, 0) is 20.9 Å². The number of nitrogens with zero attached hydrogens (tertiary/aromatic N) is 2. The fraction of sp³-hybridized carbons (Fsp3) is 0.455. The zero-order valence-electron chi connectivity index (χ0n) is 9.73. The van der Waals surface area contributed by atoms with Crippen LogP contribution in [-0.2, 0) is 11.3 Å². The number of carboxylic acid groups (broad SMARTS) is 1. The number of carbonyl (C=O) groups is 1. The third kappa shape index (κ3) is 4.55. The lowest BCUT2D eigenvalue weighted by Gasteiger charge is -2.15. The summed E-state index contributed by atoms with van der Waals surface area (Å²) in [5.74, 6) is -0.893. The smallest absolute Gasteiger partial charge is 0.328 e. The molecule has 0 spiro atoms. The molecule has 0 saturated carbocycles. The second kappa shape index (κ2) is 5.77. The first-order chi connectivity index (χ1) is 7.47. The normalized spacial score (nSPS) is 12.1. The molecule has 0 radical (unpaired) electrons. The van der Waals surface area contributed by atoms with Gasteiger partial charge in [-0.2, -0.15) is 0 Å². The summed E-state index contributed by atoms with van der Waals surface area (Å²) in [5, 5.41) is 11.7. The number of hydrogen-bond acceptors (Lipinski definition) is 4. The van der Waals surface area contributed by atoms with E-state index in [1.54, 1.807) is 11.3 Å². The third-order valence-electron chi connectivity index (χ3n) is 1.99. The lowest BCUT2D eigenvalue weighted by atomic mass is 10.2. The van der Waals surface area contributed by atoms with E-state index < -0.39 is 5.97 Å². The van der Waals surface area contributed by atoms with Crippen molar-refractivity contribution >= 4 is 17.3 Å². The summed E-state index contributed by atoms with van der Waals surface area (Å²) < 4.78 is 0. The quantitative estimate of drug-likeness (QED) is 0.799. The van der Waals surface area contributed by atoms with Crippen molar-refractivity contribution in [3.63, 3.8) is 0 Å². The number of rotatable bonds is 5. The molecule has 1 N–H and O–H groups in total. The van der Waals surface area contributed by atoms with E-state index in [1.807, 2.05) is 31.2 Å². The molecule has 0 bridgehead atoms. The molecule has 1 heterocycles. The molecular formula is C11H16N2O2S. The van der Waals surface area contributed by atoms with Crippen LogP contribution in [-0.4, -0.2) is 34.6 Å². The fourth-order valence-electron chi connectivity index (χ4n) is 1.50. The molecule has 0 aromatic carbocycles. The summed E-state index contributed by atoms with van der Waals surface area (Å²) in [6.07, 6.45) is 1.24. The Morgan fingerprint density at radius 3 is 2.88 bits per heavy atom. The van der Waals surface area contributed by atoms with Crippen LogP contribution in [0.2, 0.25) is 0 Å². The molecule has 0 aliphatic heterocycles. The molecule has 0 amide bonds. The van der Waals surface area contributed by atoms with Crippen LogP contribution in [0.25, 0.3) is 0 Å². The van der Waals surface area contributed by atoms with Gasteiger partial charge in [0.15, 0.2) is 0 Å². The second-order valence-corrected chi connectivity index (χ2v) is 4.92. The van der Waals surface area contributed by atoms with Gasteiger partial charge < -0.3 is 5.11 Å². The topological polar surface area (TPSA) is 53.4 Å². The van der Waals surface area contributed by atoms with E-state index in [-0.39, 0.29) is 0 Å². The number of hydrogen-bond donors (Lipinski definition) is 1. The van der Waals surface area contributed by atoms with Crippen molar-refractivity contribution in [3.05, 3.63) is 27.7 Å². The van der Waals surface area contributed by atoms with Crippen molar-refractivity contribution in [1.29, 1.82) is 0 Å². The van der Waals surface area contributed by atoms with E-state index in [0.29, 0.717) is 6.54 Å². The number of likely N-dealkylation sites (N-methyl/N-ethyl adjacent to an activating group) is 1. The Morgan fingerprint density at radius 1 is 1.69 bits per heavy atom. The highest BCUT2D eigenvalue weighted by Gasteiger charge is 2.04. The fourth-order valence-corrected chi connectivity index (χ4v) is 2.10. The molecule has 0 fully saturated rings. The van der Waals surface area contributed by atoms with Crippen molar-refractivity contribution in [2.75, 3.05) is 13.6 Å². The van der Waals surface area contributed by atoms with Gasteiger partial charge in [0, 0.05) is 24.5 Å². The van der Waals surface area contributed by atoms with Crippen LogP contribution in [0.3, 0.4) is 0 Å². The second-order valence-electron chi connectivity index (χ2n) is 3.86. The Bertz CT molecular complexity index is 398. The van der Waals surface area contributed by atoms with Crippen molar-refractivity contribution in [3.8, 4) is 0 Å². The summed E-state index contributed by atoms with van der Waals surface area (Å²) in [5.41, 5.74) is 1.87. The number of aliphatic carboxylic acids is 1. The lowest BCUT2D eigenvalue weighted by molar-refractivity contribution is -0.131. The standard InChI is InChI=1S/C11H16N2O2S/c1-8(4-11(14)15)5-13(3)6-10-7-16-9(2)12-10/h4,7H,5-6H2,1-3H3,(H,14,15). The van der Waals surface area contributed by atoms with E-state index in [2.05, 4.69) is 4.98 Å². The van der Waals surface area contributed by atoms with Gasteiger partial charge in [0.2, 0.25) is 0 Å². The van der Waals surface area contributed by atoms with Crippen LogP contribution >= 0.6 is 11.3 Å². The van der Waals surface area contributed by atoms with Crippen LogP contribution in [0.1, 0.15) is 17.6 Å². The monoisotopic (exact) mass is 240 g/mol. The highest BCUT2D eigenvalue weighted by molar-refractivity contribution is 7.09. The van der Waals surface area contributed by atoms with Crippen molar-refractivity contribution in [1.82, 2.24) is 9.88 Å². The van der Waals surface area contributed by atoms with E-state index in [1.165, 1.54) is 6.08 Å². The minimum Gasteiger partial charge on any atom is -0.478 e. The average molecular weight is 240 g/mol. The van der Waals surface area contributed by atoms with Crippen molar-refractivity contribution in [2.24, 2.45) is 0 Å². The van der Waals surface area contributed by atoms with Gasteiger partial charge in [0.25, 0.3) is 0 Å². The maximum atomic E-state index is 10.4. The highest BCUT2D eigenvalue weighted by atomic mass is 32.1. The maximum Gasteiger partial charge on any atom is 0.328 e. The molecule has 0 aliphatic carbocycles. The maximum absolute atomic E-state index is 10.4. The van der Waals surface area contributed by atoms with Gasteiger partial charge in [-0.1, -0.05) is 5.57 Å². The molecule has 0 saturated heterocycles. The number of aryl methyl sites for hydroxylation is 1. The number of aromatic nitrogens is 1. The van der Waals surface area contributed by atoms with E-state index in [4.69, 9.17) is 5.11 Å². The molecule has 1 aromatic heterocycles. The Hall–Kier alpha value is -1.20. The summed E-state index contributed by atoms with van der Waals surface area (Å²) >= 11 is 1.63. The number of thiazole rings is 1. The highest BCUT2D eigenvalue weighted by Crippen LogP contribution is 2.10. The first-order valence-corrected chi connectivity index (χ1v) is 5.85. The summed E-state index contributed by atoms with van der Waals surface area (Å²) in [6, 6.07) is 0. The summed E-state index contributed by atoms with van der Waals surface area (Å²) in [6.45, 7) is 5.18. The Morgan fingerprint density at radius 2 is 2.38 bits per heavy atom. The van der Waals surface area contributed by atoms with E-state index in [0.717, 1.165) is 22.8 Å². The molecule has 0 aliphatic rings. The SMILES string of the molecule is CC(=CC(=O)O)CN(C)Cc1csc(C)n1. The first-order valence-electron chi connectivity index (χ1n) is 4.97. The van der Waals surface area contributed by atoms with Gasteiger partial charge >= 0.3 is 5.97 Å². The lowest BCUT2D eigenvalue weighted by Crippen LogP contribution is -2.20. The largest absolute Gasteiger partial charge is 0.478 e. The van der Waals surface area contributed by atoms with Crippen LogP contribution < -0.4 is 0 Å².